The molecule has 152 valence electrons. The summed E-state index contributed by atoms with van der Waals surface area (Å²) in [5.74, 6) is -0.478. The standard InChI is InChI=1S/C21H23ClN4O3/c1-15-4-2-3-5-16(15)12-23-19(27)13-25-10-11-26(14-20(25)28)21(29)24-18-8-6-17(22)7-9-18/h2-9H,10-14H2,1H3,(H,23,27)(H,24,29). The lowest BCUT2D eigenvalue weighted by atomic mass is 10.1. The van der Waals surface area contributed by atoms with Crippen LogP contribution in [0.3, 0.4) is 0 Å². The van der Waals surface area contributed by atoms with Gasteiger partial charge in [-0.2, -0.15) is 0 Å². The number of carbonyl (C=O) groups excluding carboxylic acids is 3. The molecule has 1 saturated heterocycles. The van der Waals surface area contributed by atoms with Crippen molar-refractivity contribution in [2.75, 3.05) is 31.5 Å². The summed E-state index contributed by atoms with van der Waals surface area (Å²) in [6.45, 7) is 2.99. The summed E-state index contributed by atoms with van der Waals surface area (Å²) in [5, 5.41) is 6.16. The van der Waals surface area contributed by atoms with E-state index in [0.29, 0.717) is 30.3 Å². The smallest absolute Gasteiger partial charge is 0.322 e. The van der Waals surface area contributed by atoms with Crippen molar-refractivity contribution in [3.63, 3.8) is 0 Å². The molecule has 0 aromatic heterocycles. The largest absolute Gasteiger partial charge is 0.350 e. The second-order valence-electron chi connectivity index (χ2n) is 6.88. The topological polar surface area (TPSA) is 81.8 Å². The molecule has 1 aliphatic rings. The maximum Gasteiger partial charge on any atom is 0.322 e. The van der Waals surface area contributed by atoms with Gasteiger partial charge < -0.3 is 20.4 Å². The van der Waals surface area contributed by atoms with Crippen molar-refractivity contribution in [1.29, 1.82) is 0 Å². The number of hydrogen-bond acceptors (Lipinski definition) is 3. The molecular formula is C21H23ClN4O3. The highest BCUT2D eigenvalue weighted by Crippen LogP contribution is 2.14. The van der Waals surface area contributed by atoms with Gasteiger partial charge in [0.1, 0.15) is 6.54 Å². The highest BCUT2D eigenvalue weighted by atomic mass is 35.5. The van der Waals surface area contributed by atoms with Crippen molar-refractivity contribution in [2.45, 2.75) is 13.5 Å². The van der Waals surface area contributed by atoms with E-state index in [4.69, 9.17) is 11.6 Å². The first-order valence-corrected chi connectivity index (χ1v) is 9.70. The van der Waals surface area contributed by atoms with Gasteiger partial charge in [-0.1, -0.05) is 35.9 Å². The number of nitrogens with one attached hydrogen (secondary N) is 2. The van der Waals surface area contributed by atoms with Gasteiger partial charge in [-0.3, -0.25) is 9.59 Å². The van der Waals surface area contributed by atoms with Gasteiger partial charge in [0.15, 0.2) is 0 Å². The van der Waals surface area contributed by atoms with Crippen LogP contribution in [0.5, 0.6) is 0 Å². The average molecular weight is 415 g/mol. The van der Waals surface area contributed by atoms with Gasteiger partial charge in [0.2, 0.25) is 11.8 Å². The molecule has 2 aromatic carbocycles. The van der Waals surface area contributed by atoms with E-state index in [-0.39, 0.29) is 30.9 Å². The van der Waals surface area contributed by atoms with Gasteiger partial charge >= 0.3 is 6.03 Å². The molecule has 7 nitrogen and oxygen atoms in total. The molecule has 0 radical (unpaired) electrons. The molecule has 0 unspecified atom stereocenters. The molecule has 0 atom stereocenters. The van der Waals surface area contributed by atoms with Crippen molar-refractivity contribution in [3.8, 4) is 0 Å². The lowest BCUT2D eigenvalue weighted by Crippen LogP contribution is -2.55. The van der Waals surface area contributed by atoms with Gasteiger partial charge in [0, 0.05) is 30.3 Å². The minimum absolute atomic E-state index is 0.0165. The average Bonchev–Trinajstić information content (AvgIpc) is 2.70. The Bertz CT molecular complexity index is 901. The molecule has 1 fully saturated rings. The Morgan fingerprint density at radius 3 is 2.48 bits per heavy atom. The van der Waals surface area contributed by atoms with E-state index >= 15 is 0 Å². The first-order valence-electron chi connectivity index (χ1n) is 9.33. The molecule has 2 N–H and O–H groups in total. The monoisotopic (exact) mass is 414 g/mol. The van der Waals surface area contributed by atoms with Crippen LogP contribution in [0, 0.1) is 6.92 Å². The molecule has 2 aromatic rings. The van der Waals surface area contributed by atoms with E-state index in [1.54, 1.807) is 24.3 Å². The second kappa shape index (κ2) is 9.43. The first-order chi connectivity index (χ1) is 13.9. The van der Waals surface area contributed by atoms with Crippen molar-refractivity contribution >= 4 is 35.1 Å². The predicted molar refractivity (Wildman–Crippen MR) is 112 cm³/mol. The number of halogens is 1. The van der Waals surface area contributed by atoms with Gasteiger partial charge in [0.05, 0.1) is 6.54 Å². The van der Waals surface area contributed by atoms with E-state index in [2.05, 4.69) is 10.6 Å². The fraction of sp³-hybridized carbons (Fsp3) is 0.286. The number of amides is 4. The number of benzene rings is 2. The number of piperazine rings is 1. The fourth-order valence-corrected chi connectivity index (χ4v) is 3.14. The summed E-state index contributed by atoms with van der Waals surface area (Å²) in [6, 6.07) is 14.2. The van der Waals surface area contributed by atoms with Crippen LogP contribution in [-0.4, -0.2) is 53.8 Å². The summed E-state index contributed by atoms with van der Waals surface area (Å²) in [7, 11) is 0. The van der Waals surface area contributed by atoms with Crippen LogP contribution in [0.15, 0.2) is 48.5 Å². The third-order valence-corrected chi connectivity index (χ3v) is 5.03. The summed E-state index contributed by atoms with van der Waals surface area (Å²) >= 11 is 5.83. The van der Waals surface area contributed by atoms with Gasteiger partial charge in [0.25, 0.3) is 0 Å². The lowest BCUT2D eigenvalue weighted by Gasteiger charge is -2.33. The van der Waals surface area contributed by atoms with Crippen LogP contribution in [0.4, 0.5) is 10.5 Å². The quantitative estimate of drug-likeness (QED) is 0.789. The van der Waals surface area contributed by atoms with Crippen molar-refractivity contribution in [3.05, 3.63) is 64.7 Å². The number of carbonyl (C=O) groups is 3. The zero-order valence-corrected chi connectivity index (χ0v) is 16.9. The number of rotatable bonds is 5. The number of hydrogen-bond donors (Lipinski definition) is 2. The molecule has 0 bridgehead atoms. The molecule has 1 aliphatic heterocycles. The third-order valence-electron chi connectivity index (χ3n) is 4.77. The Labute approximate surface area is 174 Å². The zero-order chi connectivity index (χ0) is 20.8. The molecule has 8 heteroatoms. The number of nitrogens with zero attached hydrogens (tertiary/aromatic N) is 2. The Morgan fingerprint density at radius 1 is 1.07 bits per heavy atom. The summed E-state index contributed by atoms with van der Waals surface area (Å²) in [4.78, 5) is 39.8. The Morgan fingerprint density at radius 2 is 1.79 bits per heavy atom. The van der Waals surface area contributed by atoms with Gasteiger partial charge in [-0.05, 0) is 42.3 Å². The van der Waals surface area contributed by atoms with Gasteiger partial charge in [-0.15, -0.1) is 0 Å². The molecular weight excluding hydrogens is 392 g/mol. The third kappa shape index (κ3) is 5.71. The second-order valence-corrected chi connectivity index (χ2v) is 7.31. The maximum atomic E-state index is 12.4. The minimum Gasteiger partial charge on any atom is -0.350 e. The summed E-state index contributed by atoms with van der Waals surface area (Å²) in [6.07, 6.45) is 0. The number of anilines is 1. The first kappa shape index (κ1) is 20.7. The predicted octanol–water partition coefficient (Wildman–Crippen LogP) is 2.64. The van der Waals surface area contributed by atoms with Crippen LogP contribution in [0.2, 0.25) is 5.02 Å². The molecule has 4 amide bonds. The molecule has 3 rings (SSSR count). The lowest BCUT2D eigenvalue weighted by molar-refractivity contribution is -0.139. The molecule has 0 saturated carbocycles. The Hall–Kier alpha value is -3.06. The zero-order valence-electron chi connectivity index (χ0n) is 16.2. The summed E-state index contributed by atoms with van der Waals surface area (Å²) in [5.41, 5.74) is 2.74. The number of aryl methyl sites for hydroxylation is 1. The van der Waals surface area contributed by atoms with Crippen LogP contribution in [0.1, 0.15) is 11.1 Å². The van der Waals surface area contributed by atoms with Crippen molar-refractivity contribution < 1.29 is 14.4 Å². The molecule has 0 spiro atoms. The van der Waals surface area contributed by atoms with Crippen molar-refractivity contribution in [2.24, 2.45) is 0 Å². The SMILES string of the molecule is Cc1ccccc1CNC(=O)CN1CCN(C(=O)Nc2ccc(Cl)cc2)CC1=O. The van der Waals surface area contributed by atoms with Crippen LogP contribution >= 0.6 is 11.6 Å². The maximum absolute atomic E-state index is 12.4. The van der Waals surface area contributed by atoms with Crippen molar-refractivity contribution in [1.82, 2.24) is 15.1 Å². The van der Waals surface area contributed by atoms with Crippen LogP contribution in [0.25, 0.3) is 0 Å². The van der Waals surface area contributed by atoms with Crippen LogP contribution < -0.4 is 10.6 Å². The molecule has 29 heavy (non-hydrogen) atoms. The highest BCUT2D eigenvalue weighted by molar-refractivity contribution is 6.30. The Balaban J connectivity index is 1.46. The van der Waals surface area contributed by atoms with Crippen LogP contribution in [-0.2, 0) is 16.1 Å². The highest BCUT2D eigenvalue weighted by Gasteiger charge is 2.28. The molecule has 1 heterocycles. The Kier molecular flexibility index (Phi) is 6.72. The molecule has 0 aliphatic carbocycles. The van der Waals surface area contributed by atoms with E-state index in [1.807, 2.05) is 31.2 Å². The van der Waals surface area contributed by atoms with E-state index < -0.39 is 0 Å². The normalized spacial score (nSPS) is 13.9. The summed E-state index contributed by atoms with van der Waals surface area (Å²) < 4.78 is 0. The van der Waals surface area contributed by atoms with E-state index in [1.165, 1.54) is 9.80 Å². The van der Waals surface area contributed by atoms with Gasteiger partial charge in [-0.25, -0.2) is 4.79 Å². The fourth-order valence-electron chi connectivity index (χ4n) is 3.02. The van der Waals surface area contributed by atoms with E-state index in [0.717, 1.165) is 11.1 Å². The minimum atomic E-state index is -0.357. The number of urea groups is 1. The van der Waals surface area contributed by atoms with E-state index in [9.17, 15) is 14.4 Å².